The van der Waals surface area contributed by atoms with E-state index >= 15 is 0 Å². The molecule has 0 unspecified atom stereocenters. The Balaban J connectivity index is 1.81. The van der Waals surface area contributed by atoms with Crippen LogP contribution in [0.5, 0.6) is 0 Å². The van der Waals surface area contributed by atoms with E-state index in [9.17, 15) is 0 Å². The lowest BCUT2D eigenvalue weighted by molar-refractivity contribution is 0.158. The number of unbranched alkanes of at least 4 members (excludes halogenated alkanes) is 2. The van der Waals surface area contributed by atoms with Crippen molar-refractivity contribution in [1.82, 2.24) is 0 Å². The van der Waals surface area contributed by atoms with Crippen LogP contribution in [0.2, 0.25) is 5.02 Å². The quantitative estimate of drug-likeness (QED) is 0.331. The molecule has 0 atom stereocenters. The number of fused-ring (bicyclic) bond motifs is 3. The molecule has 3 rings (SSSR count). The summed E-state index contributed by atoms with van der Waals surface area (Å²) in [5.41, 5.74) is 7.73. The number of nitrogens with zero attached hydrogens (tertiary/aromatic N) is 1. The molecule has 0 saturated carbocycles. The summed E-state index contributed by atoms with van der Waals surface area (Å²) in [6.07, 6.45) is 5.91. The molecule has 0 aromatic heterocycles. The van der Waals surface area contributed by atoms with Crippen LogP contribution in [0.25, 0.3) is 11.1 Å². The zero-order chi connectivity index (χ0) is 20.6. The van der Waals surface area contributed by atoms with Crippen LogP contribution in [0.1, 0.15) is 57.6 Å². The van der Waals surface area contributed by atoms with Crippen LogP contribution < -0.4 is 10.2 Å². The zero-order valence-electron chi connectivity index (χ0n) is 18.2. The minimum absolute atomic E-state index is 0.693. The molecule has 1 aliphatic rings. The highest BCUT2D eigenvalue weighted by Gasteiger charge is 2.21. The Morgan fingerprint density at radius 2 is 1.69 bits per heavy atom. The molecule has 1 N–H and O–H groups in total. The second-order valence-electron chi connectivity index (χ2n) is 7.83. The van der Waals surface area contributed by atoms with Gasteiger partial charge in [0.05, 0.1) is 17.3 Å². The predicted molar refractivity (Wildman–Crippen MR) is 127 cm³/mol. The van der Waals surface area contributed by atoms with E-state index in [2.05, 4.69) is 54.4 Å². The summed E-state index contributed by atoms with van der Waals surface area (Å²) in [5, 5.41) is 4.20. The summed E-state index contributed by atoms with van der Waals surface area (Å²) < 4.78 is 5.42. The number of ether oxygens (including phenoxy) is 1. The number of benzene rings is 2. The van der Waals surface area contributed by atoms with Crippen molar-refractivity contribution in [3.63, 3.8) is 0 Å². The average Bonchev–Trinajstić information content (AvgIpc) is 3.08. The molecule has 0 bridgehead atoms. The molecule has 1 aliphatic carbocycles. The minimum Gasteiger partial charge on any atom is -0.382 e. The van der Waals surface area contributed by atoms with Crippen molar-refractivity contribution in [2.24, 2.45) is 0 Å². The van der Waals surface area contributed by atoms with Crippen molar-refractivity contribution in [3.05, 3.63) is 46.5 Å². The summed E-state index contributed by atoms with van der Waals surface area (Å²) in [7, 11) is 0. The van der Waals surface area contributed by atoms with Crippen LogP contribution >= 0.6 is 11.6 Å². The van der Waals surface area contributed by atoms with Gasteiger partial charge in [-0.05, 0) is 72.7 Å². The fourth-order valence-electron chi connectivity index (χ4n) is 3.99. The lowest BCUT2D eigenvalue weighted by Gasteiger charge is -2.25. The van der Waals surface area contributed by atoms with Crippen LogP contribution in [0.3, 0.4) is 0 Å². The maximum atomic E-state index is 6.61. The van der Waals surface area contributed by atoms with Gasteiger partial charge in [-0.2, -0.15) is 0 Å². The lowest BCUT2D eigenvalue weighted by Crippen LogP contribution is -2.25. The number of hydrogen-bond acceptors (Lipinski definition) is 3. The van der Waals surface area contributed by atoms with Crippen molar-refractivity contribution in [2.75, 3.05) is 43.1 Å². The van der Waals surface area contributed by atoms with Gasteiger partial charge in [0.25, 0.3) is 0 Å². The summed E-state index contributed by atoms with van der Waals surface area (Å²) in [4.78, 5) is 2.55. The van der Waals surface area contributed by atoms with Crippen molar-refractivity contribution >= 4 is 23.0 Å². The average molecular weight is 415 g/mol. The Morgan fingerprint density at radius 3 is 2.38 bits per heavy atom. The maximum Gasteiger partial charge on any atom is 0.0643 e. The summed E-state index contributed by atoms with van der Waals surface area (Å²) in [6.45, 7) is 11.0. The fourth-order valence-corrected chi connectivity index (χ4v) is 4.22. The second-order valence-corrected chi connectivity index (χ2v) is 8.23. The molecule has 4 heteroatoms. The maximum absolute atomic E-state index is 6.61. The van der Waals surface area contributed by atoms with Crippen molar-refractivity contribution in [1.29, 1.82) is 0 Å². The van der Waals surface area contributed by atoms with Gasteiger partial charge in [0.2, 0.25) is 0 Å². The molecular formula is C25H35ClN2O. The number of nitrogens with one attached hydrogen (secondary N) is 1. The molecular weight excluding hydrogens is 380 g/mol. The Kier molecular flexibility index (Phi) is 8.26. The van der Waals surface area contributed by atoms with E-state index in [0.29, 0.717) is 6.61 Å². The SMILES string of the molecule is CCCCN(CCCC)c1ccc2c(c1)-c1cc(Cl)c(NCCOCC)cc1C2. The molecule has 29 heavy (non-hydrogen) atoms. The first-order valence-corrected chi connectivity index (χ1v) is 11.6. The lowest BCUT2D eigenvalue weighted by atomic mass is 10.0. The Hall–Kier alpha value is -1.71. The molecule has 3 nitrogen and oxygen atoms in total. The smallest absolute Gasteiger partial charge is 0.0643 e. The standard InChI is InChI=1S/C25H35ClN2O/c1-4-7-12-28(13-8-5-2)21-10-9-19-15-20-16-25(27-11-14-29-6-3)24(26)18-23(20)22(19)17-21/h9-10,16-18,27H,4-8,11-15H2,1-3H3. The van der Waals surface area contributed by atoms with E-state index in [1.54, 1.807) is 0 Å². The van der Waals surface area contributed by atoms with Crippen molar-refractivity contribution in [2.45, 2.75) is 52.9 Å². The van der Waals surface area contributed by atoms with Gasteiger partial charge in [-0.15, -0.1) is 0 Å². The molecule has 0 heterocycles. The van der Waals surface area contributed by atoms with Gasteiger partial charge in [-0.25, -0.2) is 0 Å². The van der Waals surface area contributed by atoms with E-state index < -0.39 is 0 Å². The van der Waals surface area contributed by atoms with Gasteiger partial charge in [-0.3, -0.25) is 0 Å². The Labute approximate surface area is 181 Å². The summed E-state index contributed by atoms with van der Waals surface area (Å²) >= 11 is 6.61. The van der Waals surface area contributed by atoms with E-state index in [0.717, 1.165) is 43.4 Å². The fraction of sp³-hybridized carbons (Fsp3) is 0.520. The first kappa shape index (κ1) is 22.0. The van der Waals surface area contributed by atoms with Crippen molar-refractivity contribution < 1.29 is 4.74 Å². The number of hydrogen-bond donors (Lipinski definition) is 1. The second kappa shape index (κ2) is 10.9. The third kappa shape index (κ3) is 5.46. The van der Waals surface area contributed by atoms with Gasteiger partial charge in [0, 0.05) is 31.9 Å². The van der Waals surface area contributed by atoms with Crippen LogP contribution in [0.15, 0.2) is 30.3 Å². The molecule has 0 amide bonds. The van der Waals surface area contributed by atoms with Crippen LogP contribution in [0, 0.1) is 0 Å². The van der Waals surface area contributed by atoms with E-state index in [4.69, 9.17) is 16.3 Å². The normalized spacial score (nSPS) is 12.0. The molecule has 2 aromatic carbocycles. The third-order valence-corrected chi connectivity index (χ3v) is 5.96. The highest BCUT2D eigenvalue weighted by atomic mass is 35.5. The van der Waals surface area contributed by atoms with Crippen LogP contribution in [-0.4, -0.2) is 32.8 Å². The molecule has 0 saturated heterocycles. The number of anilines is 2. The highest BCUT2D eigenvalue weighted by Crippen LogP contribution is 2.42. The first-order chi connectivity index (χ1) is 14.2. The molecule has 0 radical (unpaired) electrons. The molecule has 2 aromatic rings. The monoisotopic (exact) mass is 414 g/mol. The van der Waals surface area contributed by atoms with Crippen LogP contribution in [0.4, 0.5) is 11.4 Å². The van der Waals surface area contributed by atoms with Gasteiger partial charge < -0.3 is 15.0 Å². The Morgan fingerprint density at radius 1 is 0.966 bits per heavy atom. The largest absolute Gasteiger partial charge is 0.382 e. The molecule has 158 valence electrons. The number of halogens is 1. The van der Waals surface area contributed by atoms with E-state index in [1.807, 2.05) is 6.92 Å². The zero-order valence-corrected chi connectivity index (χ0v) is 18.9. The molecule has 0 fully saturated rings. The van der Waals surface area contributed by atoms with Gasteiger partial charge in [0.15, 0.2) is 0 Å². The number of rotatable bonds is 12. The van der Waals surface area contributed by atoms with Gasteiger partial charge in [-0.1, -0.05) is 44.4 Å². The van der Waals surface area contributed by atoms with Gasteiger partial charge in [0.1, 0.15) is 0 Å². The summed E-state index contributed by atoms with van der Waals surface area (Å²) in [6, 6.07) is 11.3. The minimum atomic E-state index is 0.693. The van der Waals surface area contributed by atoms with E-state index in [1.165, 1.54) is 53.6 Å². The van der Waals surface area contributed by atoms with Gasteiger partial charge >= 0.3 is 0 Å². The molecule has 0 aliphatic heterocycles. The highest BCUT2D eigenvalue weighted by molar-refractivity contribution is 6.33. The third-order valence-electron chi connectivity index (χ3n) is 5.65. The summed E-state index contributed by atoms with van der Waals surface area (Å²) in [5.74, 6) is 0. The first-order valence-electron chi connectivity index (χ1n) is 11.2. The van der Waals surface area contributed by atoms with E-state index in [-0.39, 0.29) is 0 Å². The van der Waals surface area contributed by atoms with Crippen molar-refractivity contribution in [3.8, 4) is 11.1 Å². The topological polar surface area (TPSA) is 24.5 Å². The van der Waals surface area contributed by atoms with Crippen LogP contribution in [-0.2, 0) is 11.2 Å². The predicted octanol–water partition coefficient (Wildman–Crippen LogP) is 6.77. The molecule has 0 spiro atoms. The Bertz CT molecular complexity index is 798.